The van der Waals surface area contributed by atoms with Gasteiger partial charge in [-0.2, -0.15) is 0 Å². The molecule has 112 valence electrons. The van der Waals surface area contributed by atoms with Gasteiger partial charge < -0.3 is 10.8 Å². The van der Waals surface area contributed by atoms with Crippen LogP contribution < -0.4 is 5.73 Å². The smallest absolute Gasteiger partial charge is 0.348 e. The zero-order valence-electron chi connectivity index (χ0n) is 12.4. The van der Waals surface area contributed by atoms with Crippen LogP contribution in [0.5, 0.6) is 0 Å². The normalized spacial score (nSPS) is 11.0. The van der Waals surface area contributed by atoms with Crippen molar-refractivity contribution in [2.45, 2.75) is 20.3 Å². The number of hydrogen-bond acceptors (Lipinski definition) is 4. The van der Waals surface area contributed by atoms with Crippen LogP contribution >= 0.6 is 11.3 Å². The first-order chi connectivity index (χ1) is 10.5. The highest BCUT2D eigenvalue weighted by Crippen LogP contribution is 2.37. The second-order valence-electron chi connectivity index (χ2n) is 5.29. The first-order valence-corrected chi connectivity index (χ1v) is 7.76. The Morgan fingerprint density at radius 2 is 1.95 bits per heavy atom. The monoisotopic (exact) mass is 312 g/mol. The lowest BCUT2D eigenvalue weighted by atomic mass is 9.97. The quantitative estimate of drug-likeness (QED) is 0.771. The van der Waals surface area contributed by atoms with E-state index >= 15 is 0 Å². The predicted molar refractivity (Wildman–Crippen MR) is 89.7 cm³/mol. The number of benzene rings is 1. The van der Waals surface area contributed by atoms with E-state index in [0.717, 1.165) is 40.0 Å². The van der Waals surface area contributed by atoms with Crippen molar-refractivity contribution in [2.24, 2.45) is 0 Å². The third-order valence-corrected chi connectivity index (χ3v) is 4.97. The molecule has 2 aromatic heterocycles. The highest BCUT2D eigenvalue weighted by atomic mass is 32.1. The fourth-order valence-electron chi connectivity index (χ4n) is 2.73. The van der Waals surface area contributed by atoms with Crippen LogP contribution in [0.3, 0.4) is 0 Å². The summed E-state index contributed by atoms with van der Waals surface area (Å²) in [6.07, 6.45) is 0.763. The molecule has 0 aliphatic heterocycles. The van der Waals surface area contributed by atoms with E-state index in [2.05, 4.69) is 17.1 Å². The second kappa shape index (κ2) is 5.42. The van der Waals surface area contributed by atoms with Gasteiger partial charge in [0.15, 0.2) is 0 Å². The molecule has 5 heteroatoms. The molecular formula is C17H16N2O2S. The van der Waals surface area contributed by atoms with Gasteiger partial charge in [0.05, 0.1) is 5.69 Å². The molecule has 0 unspecified atom stereocenters. The van der Waals surface area contributed by atoms with Crippen LogP contribution in [0.4, 0.5) is 5.69 Å². The zero-order valence-corrected chi connectivity index (χ0v) is 13.2. The molecular weight excluding hydrogens is 296 g/mol. The molecule has 3 N–H and O–H groups in total. The standard InChI is InChI=1S/C17H16N2O2S/c1-9-12(8-11-6-4-3-5-7-11)10(2)19-16-13(9)14(18)15(22-16)17(20)21/h3-7H,8,18H2,1-2H3,(H,20,21). The minimum absolute atomic E-state index is 0.168. The number of thiophene rings is 1. The van der Waals surface area contributed by atoms with Gasteiger partial charge in [0, 0.05) is 11.1 Å². The molecule has 1 aromatic carbocycles. The number of fused-ring (bicyclic) bond motifs is 1. The van der Waals surface area contributed by atoms with Crippen molar-refractivity contribution in [1.82, 2.24) is 4.98 Å². The van der Waals surface area contributed by atoms with Gasteiger partial charge >= 0.3 is 5.97 Å². The van der Waals surface area contributed by atoms with E-state index < -0.39 is 5.97 Å². The second-order valence-corrected chi connectivity index (χ2v) is 6.29. The van der Waals surface area contributed by atoms with E-state index in [4.69, 9.17) is 5.73 Å². The summed E-state index contributed by atoms with van der Waals surface area (Å²) in [5, 5.41) is 10.0. The van der Waals surface area contributed by atoms with Gasteiger partial charge in [-0.1, -0.05) is 30.3 Å². The summed E-state index contributed by atoms with van der Waals surface area (Å²) in [6, 6.07) is 10.1. The highest BCUT2D eigenvalue weighted by molar-refractivity contribution is 7.21. The number of anilines is 1. The number of aromatic carboxylic acids is 1. The number of carboxylic acid groups (broad SMARTS) is 1. The number of aromatic nitrogens is 1. The van der Waals surface area contributed by atoms with Crippen molar-refractivity contribution < 1.29 is 9.90 Å². The van der Waals surface area contributed by atoms with Crippen LogP contribution in [-0.2, 0) is 6.42 Å². The topological polar surface area (TPSA) is 76.2 Å². The van der Waals surface area contributed by atoms with Gasteiger partial charge in [0.2, 0.25) is 0 Å². The Hall–Kier alpha value is -2.40. The van der Waals surface area contributed by atoms with Crippen LogP contribution in [0.15, 0.2) is 30.3 Å². The van der Waals surface area contributed by atoms with Crippen LogP contribution in [0, 0.1) is 13.8 Å². The molecule has 0 saturated heterocycles. The van der Waals surface area contributed by atoms with Gasteiger partial charge in [-0.25, -0.2) is 9.78 Å². The molecule has 0 aliphatic carbocycles. The molecule has 0 aliphatic rings. The van der Waals surface area contributed by atoms with Crippen LogP contribution in [0.2, 0.25) is 0 Å². The molecule has 0 bridgehead atoms. The molecule has 3 rings (SSSR count). The van der Waals surface area contributed by atoms with Gasteiger partial charge in [0.25, 0.3) is 0 Å². The predicted octanol–water partition coefficient (Wildman–Crippen LogP) is 3.78. The zero-order chi connectivity index (χ0) is 15.9. The van der Waals surface area contributed by atoms with E-state index in [1.807, 2.05) is 32.0 Å². The van der Waals surface area contributed by atoms with Gasteiger partial charge in [-0.15, -0.1) is 11.3 Å². The average molecular weight is 312 g/mol. The Kier molecular flexibility index (Phi) is 3.58. The summed E-state index contributed by atoms with van der Waals surface area (Å²) in [7, 11) is 0. The Bertz CT molecular complexity index is 869. The number of nitrogens with zero attached hydrogens (tertiary/aromatic N) is 1. The fourth-order valence-corrected chi connectivity index (χ4v) is 3.77. The van der Waals surface area contributed by atoms with Crippen molar-refractivity contribution in [1.29, 1.82) is 0 Å². The Labute approximate surface area is 132 Å². The Balaban J connectivity index is 2.19. The number of aryl methyl sites for hydroxylation is 2. The third kappa shape index (κ3) is 2.33. The van der Waals surface area contributed by atoms with Crippen molar-refractivity contribution >= 4 is 33.2 Å². The van der Waals surface area contributed by atoms with Crippen molar-refractivity contribution in [3.8, 4) is 0 Å². The lowest BCUT2D eigenvalue weighted by molar-refractivity contribution is 0.0703. The molecule has 0 spiro atoms. The summed E-state index contributed by atoms with van der Waals surface area (Å²) in [4.78, 5) is 16.7. The number of carbonyl (C=O) groups is 1. The van der Waals surface area contributed by atoms with Crippen molar-refractivity contribution in [3.63, 3.8) is 0 Å². The molecule has 0 fully saturated rings. The van der Waals surface area contributed by atoms with Crippen LogP contribution in [0.25, 0.3) is 10.2 Å². The molecule has 0 atom stereocenters. The van der Waals surface area contributed by atoms with Gasteiger partial charge in [-0.05, 0) is 37.0 Å². The summed E-state index contributed by atoms with van der Waals surface area (Å²) in [6.45, 7) is 3.95. The first-order valence-electron chi connectivity index (χ1n) is 6.94. The largest absolute Gasteiger partial charge is 0.477 e. The van der Waals surface area contributed by atoms with Crippen molar-refractivity contribution in [3.05, 3.63) is 57.6 Å². The van der Waals surface area contributed by atoms with Crippen molar-refractivity contribution in [2.75, 3.05) is 5.73 Å². The lowest BCUT2D eigenvalue weighted by Gasteiger charge is -2.11. The summed E-state index contributed by atoms with van der Waals surface area (Å²) in [5.41, 5.74) is 10.6. The molecule has 0 radical (unpaired) electrons. The Morgan fingerprint density at radius 3 is 2.59 bits per heavy atom. The van der Waals surface area contributed by atoms with Crippen LogP contribution in [0.1, 0.15) is 32.1 Å². The fraction of sp³-hybridized carbons (Fsp3) is 0.176. The average Bonchev–Trinajstić information content (AvgIpc) is 2.81. The molecule has 2 heterocycles. The maximum Gasteiger partial charge on any atom is 0.348 e. The molecule has 0 saturated carbocycles. The number of hydrogen-bond donors (Lipinski definition) is 2. The number of carboxylic acids is 1. The van der Waals surface area contributed by atoms with Crippen LogP contribution in [-0.4, -0.2) is 16.1 Å². The maximum absolute atomic E-state index is 11.3. The summed E-state index contributed by atoms with van der Waals surface area (Å²) >= 11 is 1.14. The van der Waals surface area contributed by atoms with E-state index in [9.17, 15) is 9.90 Å². The minimum Gasteiger partial charge on any atom is -0.477 e. The van der Waals surface area contributed by atoms with E-state index in [1.165, 1.54) is 5.56 Å². The first kappa shape index (κ1) is 14.5. The number of rotatable bonds is 3. The molecule has 4 nitrogen and oxygen atoms in total. The SMILES string of the molecule is Cc1nc2sc(C(=O)O)c(N)c2c(C)c1Cc1ccccc1. The molecule has 22 heavy (non-hydrogen) atoms. The van der Waals surface area contributed by atoms with Gasteiger partial charge in [0.1, 0.15) is 9.71 Å². The lowest BCUT2D eigenvalue weighted by Crippen LogP contribution is -2.01. The van der Waals surface area contributed by atoms with E-state index in [1.54, 1.807) is 0 Å². The van der Waals surface area contributed by atoms with E-state index in [-0.39, 0.29) is 4.88 Å². The summed E-state index contributed by atoms with van der Waals surface area (Å²) in [5.74, 6) is -0.998. The molecule has 0 amide bonds. The number of nitrogens with two attached hydrogens (primary N) is 1. The highest BCUT2D eigenvalue weighted by Gasteiger charge is 2.20. The minimum atomic E-state index is -0.998. The number of nitrogen functional groups attached to an aromatic ring is 1. The number of pyridine rings is 1. The summed E-state index contributed by atoms with van der Waals surface area (Å²) < 4.78 is 0. The Morgan fingerprint density at radius 1 is 1.27 bits per heavy atom. The van der Waals surface area contributed by atoms with Gasteiger partial charge in [-0.3, -0.25) is 0 Å². The molecule has 3 aromatic rings. The maximum atomic E-state index is 11.3. The third-order valence-electron chi connectivity index (χ3n) is 3.88. The van der Waals surface area contributed by atoms with E-state index in [0.29, 0.717) is 10.5 Å².